The van der Waals surface area contributed by atoms with E-state index in [0.29, 0.717) is 18.5 Å². The lowest BCUT2D eigenvalue weighted by molar-refractivity contribution is -0.156. The Balaban J connectivity index is 1.71. The third-order valence-corrected chi connectivity index (χ3v) is 4.39. The largest absolute Gasteiger partial charge is 0.459 e. The van der Waals surface area contributed by atoms with Crippen molar-refractivity contribution in [3.05, 3.63) is 70.8 Å². The monoisotopic (exact) mass is 334 g/mol. The molecule has 0 aliphatic carbocycles. The number of amides is 1. The Morgan fingerprint density at radius 1 is 1.16 bits per heavy atom. The van der Waals surface area contributed by atoms with Gasteiger partial charge >= 0.3 is 5.97 Å². The molecule has 0 aromatic heterocycles. The third kappa shape index (κ3) is 3.69. The van der Waals surface area contributed by atoms with Crippen LogP contribution < -0.4 is 0 Å². The molecule has 2 aromatic carbocycles. The highest BCUT2D eigenvalue weighted by Crippen LogP contribution is 2.24. The number of rotatable bonds is 3. The van der Waals surface area contributed by atoms with Gasteiger partial charge in [0.2, 0.25) is 5.91 Å². The molecule has 1 aliphatic heterocycles. The van der Waals surface area contributed by atoms with Crippen LogP contribution in [0, 0.1) is 11.3 Å². The fraction of sp³-hybridized carbons (Fsp3) is 0.250. The Bertz CT molecular complexity index is 837. The van der Waals surface area contributed by atoms with Crippen LogP contribution in [0.15, 0.2) is 48.5 Å². The summed E-state index contributed by atoms with van der Waals surface area (Å²) in [5.74, 6) is -0.552. The van der Waals surface area contributed by atoms with Crippen LogP contribution >= 0.6 is 0 Å². The molecule has 126 valence electrons. The lowest BCUT2D eigenvalue weighted by atomic mass is 9.94. The number of benzene rings is 2. The van der Waals surface area contributed by atoms with E-state index in [2.05, 4.69) is 0 Å². The quantitative estimate of drug-likeness (QED) is 0.809. The normalized spacial score (nSPS) is 15.8. The number of hydrogen-bond acceptors (Lipinski definition) is 4. The summed E-state index contributed by atoms with van der Waals surface area (Å²) in [6.07, 6.45) is 0.460. The first kappa shape index (κ1) is 16.7. The molecule has 1 heterocycles. The first-order valence-corrected chi connectivity index (χ1v) is 8.08. The fourth-order valence-corrected chi connectivity index (χ4v) is 2.99. The molecule has 0 N–H and O–H groups in total. The van der Waals surface area contributed by atoms with E-state index < -0.39 is 12.0 Å². The van der Waals surface area contributed by atoms with Gasteiger partial charge in [-0.25, -0.2) is 4.79 Å². The number of esters is 1. The molecule has 0 bridgehead atoms. The van der Waals surface area contributed by atoms with Crippen molar-refractivity contribution >= 4 is 11.9 Å². The zero-order valence-electron chi connectivity index (χ0n) is 13.9. The maximum absolute atomic E-state index is 12.6. The lowest BCUT2D eigenvalue weighted by Crippen LogP contribution is -2.48. The topological polar surface area (TPSA) is 70.4 Å². The first-order chi connectivity index (χ1) is 12.1. The van der Waals surface area contributed by atoms with Gasteiger partial charge in [-0.1, -0.05) is 36.4 Å². The minimum atomic E-state index is -0.606. The van der Waals surface area contributed by atoms with Crippen LogP contribution in [0.25, 0.3) is 0 Å². The van der Waals surface area contributed by atoms with E-state index >= 15 is 0 Å². The average molecular weight is 334 g/mol. The number of nitriles is 1. The van der Waals surface area contributed by atoms with Crippen LogP contribution in [0.3, 0.4) is 0 Å². The minimum Gasteiger partial charge on any atom is -0.459 e. The van der Waals surface area contributed by atoms with Gasteiger partial charge in [0.15, 0.2) is 0 Å². The molecule has 0 saturated carbocycles. The predicted molar refractivity (Wildman–Crippen MR) is 91.1 cm³/mol. The van der Waals surface area contributed by atoms with E-state index in [1.807, 2.05) is 30.3 Å². The van der Waals surface area contributed by atoms with Crippen molar-refractivity contribution in [2.45, 2.75) is 32.5 Å². The number of ether oxygens (including phenoxy) is 1. The van der Waals surface area contributed by atoms with Gasteiger partial charge in [0.1, 0.15) is 12.6 Å². The molecule has 2 aromatic rings. The highest BCUT2D eigenvalue weighted by molar-refractivity contribution is 5.84. The van der Waals surface area contributed by atoms with Crippen LogP contribution in [0.5, 0.6) is 0 Å². The molecule has 1 aliphatic rings. The number of carbonyl (C=O) groups is 2. The number of nitrogens with zero attached hydrogens (tertiary/aromatic N) is 2. The van der Waals surface area contributed by atoms with Crippen molar-refractivity contribution in [3.8, 4) is 6.07 Å². The molecule has 25 heavy (non-hydrogen) atoms. The van der Waals surface area contributed by atoms with E-state index in [9.17, 15) is 9.59 Å². The van der Waals surface area contributed by atoms with Crippen molar-refractivity contribution in [2.75, 3.05) is 0 Å². The highest BCUT2D eigenvalue weighted by atomic mass is 16.5. The lowest BCUT2D eigenvalue weighted by Gasteiger charge is -2.34. The van der Waals surface area contributed by atoms with Crippen LogP contribution in [-0.2, 0) is 33.9 Å². The molecule has 1 amide bonds. The number of hydrogen-bond donors (Lipinski definition) is 0. The van der Waals surface area contributed by atoms with Crippen LogP contribution in [0.4, 0.5) is 0 Å². The molecule has 0 radical (unpaired) electrons. The summed E-state index contributed by atoms with van der Waals surface area (Å²) in [5.41, 5.74) is 3.49. The van der Waals surface area contributed by atoms with E-state index in [-0.39, 0.29) is 12.5 Å². The van der Waals surface area contributed by atoms with Crippen molar-refractivity contribution < 1.29 is 14.3 Å². The van der Waals surface area contributed by atoms with Gasteiger partial charge in [-0.15, -0.1) is 0 Å². The Morgan fingerprint density at radius 3 is 2.48 bits per heavy atom. The second-order valence-corrected chi connectivity index (χ2v) is 6.05. The minimum absolute atomic E-state index is 0.119. The molecular weight excluding hydrogens is 316 g/mol. The molecule has 3 rings (SSSR count). The third-order valence-electron chi connectivity index (χ3n) is 4.39. The summed E-state index contributed by atoms with van der Waals surface area (Å²) < 4.78 is 5.42. The van der Waals surface area contributed by atoms with Crippen molar-refractivity contribution in [2.24, 2.45) is 0 Å². The summed E-state index contributed by atoms with van der Waals surface area (Å²) in [4.78, 5) is 26.1. The van der Waals surface area contributed by atoms with Gasteiger partial charge in [0.25, 0.3) is 0 Å². The van der Waals surface area contributed by atoms with Gasteiger partial charge in [-0.2, -0.15) is 5.26 Å². The molecule has 0 spiro atoms. The molecule has 0 unspecified atom stereocenters. The zero-order chi connectivity index (χ0) is 17.8. The maximum atomic E-state index is 12.6. The van der Waals surface area contributed by atoms with Gasteiger partial charge in [-0.05, 0) is 28.8 Å². The standard InChI is InChI=1S/C20H18N2O3/c1-14(23)22-12-18-5-3-2-4-17(18)10-19(22)20(24)25-13-16-8-6-15(11-21)7-9-16/h2-9,19H,10,12-13H2,1H3/t19-/m0/s1. The summed E-state index contributed by atoms with van der Waals surface area (Å²) in [6.45, 7) is 2.01. The van der Waals surface area contributed by atoms with Gasteiger partial charge in [-0.3, -0.25) is 4.79 Å². The summed E-state index contributed by atoms with van der Waals surface area (Å²) in [7, 11) is 0. The van der Waals surface area contributed by atoms with Crippen LogP contribution in [-0.4, -0.2) is 22.8 Å². The van der Waals surface area contributed by atoms with Gasteiger partial charge in [0, 0.05) is 19.9 Å². The summed E-state index contributed by atoms with van der Waals surface area (Å²) >= 11 is 0. The number of carbonyl (C=O) groups excluding carboxylic acids is 2. The van der Waals surface area contributed by atoms with Crippen molar-refractivity contribution in [1.29, 1.82) is 5.26 Å². The van der Waals surface area contributed by atoms with Crippen LogP contribution in [0.1, 0.15) is 29.2 Å². The zero-order valence-corrected chi connectivity index (χ0v) is 13.9. The van der Waals surface area contributed by atoms with Gasteiger partial charge < -0.3 is 9.64 Å². The molecule has 5 heteroatoms. The van der Waals surface area contributed by atoms with E-state index in [1.54, 1.807) is 29.2 Å². The van der Waals surface area contributed by atoms with Crippen LogP contribution in [0.2, 0.25) is 0 Å². The van der Waals surface area contributed by atoms with E-state index in [4.69, 9.17) is 10.00 Å². The summed E-state index contributed by atoms with van der Waals surface area (Å²) in [5, 5.41) is 8.81. The Kier molecular flexibility index (Phi) is 4.80. The van der Waals surface area contributed by atoms with E-state index in [0.717, 1.165) is 16.7 Å². The predicted octanol–water partition coefficient (Wildman–Crippen LogP) is 2.57. The van der Waals surface area contributed by atoms with Crippen molar-refractivity contribution in [3.63, 3.8) is 0 Å². The first-order valence-electron chi connectivity index (χ1n) is 8.08. The Hall–Kier alpha value is -3.13. The van der Waals surface area contributed by atoms with Gasteiger partial charge in [0.05, 0.1) is 11.6 Å². The molecule has 0 fully saturated rings. The molecule has 0 saturated heterocycles. The fourth-order valence-electron chi connectivity index (χ4n) is 2.99. The Morgan fingerprint density at radius 2 is 1.84 bits per heavy atom. The Labute approximate surface area is 146 Å². The molecule has 1 atom stereocenters. The second kappa shape index (κ2) is 7.18. The number of fused-ring (bicyclic) bond motifs is 1. The SMILES string of the molecule is CC(=O)N1Cc2ccccc2C[C@H]1C(=O)OCc1ccc(C#N)cc1. The average Bonchev–Trinajstić information content (AvgIpc) is 2.65. The van der Waals surface area contributed by atoms with E-state index in [1.165, 1.54) is 6.92 Å². The molecule has 5 nitrogen and oxygen atoms in total. The highest BCUT2D eigenvalue weighted by Gasteiger charge is 2.34. The maximum Gasteiger partial charge on any atom is 0.329 e. The smallest absolute Gasteiger partial charge is 0.329 e. The molecular formula is C20H18N2O3. The van der Waals surface area contributed by atoms with Crippen molar-refractivity contribution in [1.82, 2.24) is 4.90 Å². The second-order valence-electron chi connectivity index (χ2n) is 6.05. The summed E-state index contributed by atoms with van der Waals surface area (Å²) in [6, 6.07) is 16.1.